The van der Waals surface area contributed by atoms with Crippen LogP contribution in [0.4, 0.5) is 5.69 Å². The SMILES string of the molecule is COc1ccc(NC(=O)c2cccc(OCc3csc(C)n3)c2)cc1OCc1cccnc1. The lowest BCUT2D eigenvalue weighted by molar-refractivity contribution is 0.102. The van der Waals surface area contributed by atoms with E-state index in [2.05, 4.69) is 15.3 Å². The zero-order valence-corrected chi connectivity index (χ0v) is 19.1. The maximum Gasteiger partial charge on any atom is 0.255 e. The van der Waals surface area contributed by atoms with Crippen LogP contribution in [-0.4, -0.2) is 23.0 Å². The molecule has 1 amide bonds. The molecule has 0 atom stereocenters. The van der Waals surface area contributed by atoms with Gasteiger partial charge in [0.2, 0.25) is 0 Å². The van der Waals surface area contributed by atoms with E-state index in [-0.39, 0.29) is 5.91 Å². The van der Waals surface area contributed by atoms with Gasteiger partial charge in [0, 0.05) is 40.7 Å². The minimum Gasteiger partial charge on any atom is -0.493 e. The smallest absolute Gasteiger partial charge is 0.255 e. The summed E-state index contributed by atoms with van der Waals surface area (Å²) in [6, 6.07) is 16.1. The van der Waals surface area contributed by atoms with Gasteiger partial charge in [0.05, 0.1) is 17.8 Å². The molecule has 0 spiro atoms. The Bertz CT molecular complexity index is 1230. The third kappa shape index (κ3) is 6.08. The minimum atomic E-state index is -0.256. The van der Waals surface area contributed by atoms with Crippen LogP contribution in [0, 0.1) is 6.92 Å². The fourth-order valence-electron chi connectivity index (χ4n) is 3.07. The molecular formula is C25H23N3O4S. The van der Waals surface area contributed by atoms with E-state index in [4.69, 9.17) is 14.2 Å². The summed E-state index contributed by atoms with van der Waals surface area (Å²) >= 11 is 1.58. The predicted molar refractivity (Wildman–Crippen MR) is 127 cm³/mol. The molecule has 2 aromatic carbocycles. The average molecular weight is 462 g/mol. The standard InChI is InChI=1S/C25H23N3O4S/c1-17-27-21(16-33-17)15-31-22-7-3-6-19(11-22)25(29)28-20-8-9-23(30-2)24(12-20)32-14-18-5-4-10-26-13-18/h3-13,16H,14-15H2,1-2H3,(H,28,29). The summed E-state index contributed by atoms with van der Waals surface area (Å²) in [5, 5.41) is 5.85. The topological polar surface area (TPSA) is 82.6 Å². The summed E-state index contributed by atoms with van der Waals surface area (Å²) in [6.07, 6.45) is 3.45. The molecule has 0 radical (unpaired) electrons. The van der Waals surface area contributed by atoms with Crippen LogP contribution in [-0.2, 0) is 13.2 Å². The number of carbonyl (C=O) groups is 1. The molecule has 2 aromatic heterocycles. The second-order valence-corrected chi connectivity index (χ2v) is 8.21. The molecule has 1 N–H and O–H groups in total. The number of anilines is 1. The zero-order valence-electron chi connectivity index (χ0n) is 18.3. The predicted octanol–water partition coefficient (Wildman–Crippen LogP) is 5.27. The number of pyridine rings is 1. The van der Waals surface area contributed by atoms with E-state index < -0.39 is 0 Å². The number of thiazole rings is 1. The first kappa shape index (κ1) is 22.3. The molecule has 0 unspecified atom stereocenters. The van der Waals surface area contributed by atoms with Crippen molar-refractivity contribution in [2.45, 2.75) is 20.1 Å². The third-order valence-corrected chi connectivity index (χ3v) is 5.51. The van der Waals surface area contributed by atoms with Crippen molar-refractivity contribution < 1.29 is 19.0 Å². The van der Waals surface area contributed by atoms with Crippen molar-refractivity contribution in [3.05, 3.63) is 94.2 Å². The first-order valence-corrected chi connectivity index (χ1v) is 11.1. The quantitative estimate of drug-likeness (QED) is 0.366. The molecule has 0 aliphatic carbocycles. The van der Waals surface area contributed by atoms with Gasteiger partial charge in [-0.1, -0.05) is 12.1 Å². The van der Waals surface area contributed by atoms with Crippen molar-refractivity contribution in [2.75, 3.05) is 12.4 Å². The van der Waals surface area contributed by atoms with Crippen LogP contribution in [0.1, 0.15) is 26.6 Å². The van der Waals surface area contributed by atoms with Gasteiger partial charge in [-0.05, 0) is 43.3 Å². The second-order valence-electron chi connectivity index (χ2n) is 7.14. The Labute approximate surface area is 196 Å². The second kappa shape index (κ2) is 10.6. The van der Waals surface area contributed by atoms with Gasteiger partial charge in [0.25, 0.3) is 5.91 Å². The van der Waals surface area contributed by atoms with Crippen molar-refractivity contribution in [3.8, 4) is 17.2 Å². The lowest BCUT2D eigenvalue weighted by Gasteiger charge is -2.13. The van der Waals surface area contributed by atoms with E-state index in [1.54, 1.807) is 67.2 Å². The van der Waals surface area contributed by atoms with Crippen molar-refractivity contribution in [2.24, 2.45) is 0 Å². The van der Waals surface area contributed by atoms with Gasteiger partial charge in [-0.3, -0.25) is 9.78 Å². The van der Waals surface area contributed by atoms with Crippen molar-refractivity contribution >= 4 is 22.9 Å². The first-order valence-electron chi connectivity index (χ1n) is 10.3. The highest BCUT2D eigenvalue weighted by molar-refractivity contribution is 7.09. The van der Waals surface area contributed by atoms with Gasteiger partial charge in [-0.2, -0.15) is 0 Å². The lowest BCUT2D eigenvalue weighted by Crippen LogP contribution is -2.12. The first-order chi connectivity index (χ1) is 16.1. The summed E-state index contributed by atoms with van der Waals surface area (Å²) in [5.74, 6) is 1.44. The van der Waals surface area contributed by atoms with Gasteiger partial charge in [-0.25, -0.2) is 4.98 Å². The Balaban J connectivity index is 1.42. The number of hydrogen-bond donors (Lipinski definition) is 1. The molecule has 4 rings (SSSR count). The molecule has 2 heterocycles. The number of nitrogens with one attached hydrogen (secondary N) is 1. The van der Waals surface area contributed by atoms with Gasteiger partial charge < -0.3 is 19.5 Å². The number of benzene rings is 2. The highest BCUT2D eigenvalue weighted by Gasteiger charge is 2.11. The molecule has 4 aromatic rings. The van der Waals surface area contributed by atoms with Gasteiger partial charge in [0.1, 0.15) is 19.0 Å². The average Bonchev–Trinajstić information content (AvgIpc) is 3.27. The van der Waals surface area contributed by atoms with Crippen molar-refractivity contribution in [1.29, 1.82) is 0 Å². The minimum absolute atomic E-state index is 0.256. The molecule has 0 saturated heterocycles. The molecule has 0 aliphatic rings. The van der Waals surface area contributed by atoms with Crippen LogP contribution < -0.4 is 19.5 Å². The Morgan fingerprint density at radius 1 is 1.03 bits per heavy atom. The van der Waals surface area contributed by atoms with Gasteiger partial charge >= 0.3 is 0 Å². The van der Waals surface area contributed by atoms with E-state index in [0.717, 1.165) is 16.3 Å². The van der Waals surface area contributed by atoms with Crippen molar-refractivity contribution in [1.82, 2.24) is 9.97 Å². The largest absolute Gasteiger partial charge is 0.493 e. The summed E-state index contributed by atoms with van der Waals surface area (Å²) < 4.78 is 17.1. The Hall–Kier alpha value is -3.91. The summed E-state index contributed by atoms with van der Waals surface area (Å²) in [5.41, 5.74) is 2.87. The molecule has 0 aliphatic heterocycles. The van der Waals surface area contributed by atoms with E-state index >= 15 is 0 Å². The number of nitrogens with zero attached hydrogens (tertiary/aromatic N) is 2. The fraction of sp³-hybridized carbons (Fsp3) is 0.160. The Morgan fingerprint density at radius 2 is 1.94 bits per heavy atom. The monoisotopic (exact) mass is 461 g/mol. The van der Waals surface area contributed by atoms with Crippen LogP contribution in [0.5, 0.6) is 17.2 Å². The Kier molecular flexibility index (Phi) is 7.16. The van der Waals surface area contributed by atoms with Crippen LogP contribution >= 0.6 is 11.3 Å². The van der Waals surface area contributed by atoms with Crippen LogP contribution in [0.2, 0.25) is 0 Å². The number of aryl methyl sites for hydroxylation is 1. The molecule has 0 saturated carbocycles. The highest BCUT2D eigenvalue weighted by atomic mass is 32.1. The fourth-order valence-corrected chi connectivity index (χ4v) is 3.67. The molecule has 0 bridgehead atoms. The number of rotatable bonds is 9. The van der Waals surface area contributed by atoms with Crippen molar-refractivity contribution in [3.63, 3.8) is 0 Å². The van der Waals surface area contributed by atoms with E-state index in [0.29, 0.717) is 41.7 Å². The Morgan fingerprint density at radius 3 is 2.70 bits per heavy atom. The maximum atomic E-state index is 12.8. The highest BCUT2D eigenvalue weighted by Crippen LogP contribution is 2.31. The molecular weight excluding hydrogens is 438 g/mol. The van der Waals surface area contributed by atoms with Gasteiger partial charge in [-0.15, -0.1) is 11.3 Å². The normalized spacial score (nSPS) is 10.5. The van der Waals surface area contributed by atoms with E-state index in [1.807, 2.05) is 30.5 Å². The van der Waals surface area contributed by atoms with E-state index in [9.17, 15) is 4.79 Å². The third-order valence-electron chi connectivity index (χ3n) is 4.69. The molecule has 33 heavy (non-hydrogen) atoms. The van der Waals surface area contributed by atoms with Crippen LogP contribution in [0.25, 0.3) is 0 Å². The molecule has 7 nitrogen and oxygen atoms in total. The number of ether oxygens (including phenoxy) is 3. The lowest BCUT2D eigenvalue weighted by atomic mass is 10.2. The van der Waals surface area contributed by atoms with Crippen LogP contribution in [0.15, 0.2) is 72.4 Å². The number of amides is 1. The molecule has 8 heteroatoms. The van der Waals surface area contributed by atoms with E-state index in [1.165, 1.54) is 0 Å². The molecule has 168 valence electrons. The summed E-state index contributed by atoms with van der Waals surface area (Å²) in [7, 11) is 1.57. The maximum absolute atomic E-state index is 12.8. The van der Waals surface area contributed by atoms with Gasteiger partial charge in [0.15, 0.2) is 11.5 Å². The van der Waals surface area contributed by atoms with Crippen LogP contribution in [0.3, 0.4) is 0 Å². The number of aromatic nitrogens is 2. The molecule has 0 fully saturated rings. The summed E-state index contributed by atoms with van der Waals surface area (Å²) in [6.45, 7) is 2.64. The number of carbonyl (C=O) groups excluding carboxylic acids is 1. The summed E-state index contributed by atoms with van der Waals surface area (Å²) in [4.78, 5) is 21.3. The zero-order chi connectivity index (χ0) is 23.0. The number of hydrogen-bond acceptors (Lipinski definition) is 7. The number of methoxy groups -OCH3 is 1.